The van der Waals surface area contributed by atoms with Crippen LogP contribution in [0.4, 0.5) is 24.9 Å². The summed E-state index contributed by atoms with van der Waals surface area (Å²) in [6.07, 6.45) is -15.1. The number of ether oxygens (including phenoxy) is 2. The molecule has 3 fully saturated rings. The minimum atomic E-state index is -5.30. The lowest BCUT2D eigenvalue weighted by atomic mass is 9.93. The predicted octanol–water partition coefficient (Wildman–Crippen LogP) is 0.256. The minimum absolute atomic E-state index is 0.00608. The van der Waals surface area contributed by atoms with Gasteiger partial charge in [-0.1, -0.05) is 0 Å². The molecule has 0 aliphatic carbocycles. The predicted molar refractivity (Wildman–Crippen MR) is 156 cm³/mol. The number of aliphatic hydroxyl groups excluding tert-OH is 1. The second kappa shape index (κ2) is 12.6. The van der Waals surface area contributed by atoms with Gasteiger partial charge in [0.1, 0.15) is 36.3 Å². The number of anilines is 2. The number of phosphoric ester groups is 2. The highest BCUT2D eigenvalue weighted by Gasteiger charge is 2.54. The Hall–Kier alpha value is -3.61. The quantitative estimate of drug-likeness (QED) is 0.152. The summed E-state index contributed by atoms with van der Waals surface area (Å²) in [6.45, 7) is -1.86. The summed E-state index contributed by atoms with van der Waals surface area (Å²) in [5.74, 6) is -1.83. The summed E-state index contributed by atoms with van der Waals surface area (Å²) >= 11 is 0. The van der Waals surface area contributed by atoms with Gasteiger partial charge in [-0.05, 0) is 6.42 Å². The third-order valence-corrected chi connectivity index (χ3v) is 10.2. The van der Waals surface area contributed by atoms with Crippen LogP contribution in [0.5, 0.6) is 0 Å². The standard InChI is InChI=1S/C23H27F3N10O12P2/c24-23(25,26)2-1-8-9-3-43-50(41,42)48-15-10(46-20(13(15)37)35-6-31-11-16(27)29-5-30-17(11)35)4-44-49(39,40)47-14(8)21(45-9)36-7-32-12-18(36)33-22(28)34-19(12)38/h5-10,13-15,20-21,37H,1-4H2,(H,39,40)(H,41,42)(H2,27,29,30)(H3,28,33,34,38)/t8?,9-,10-,13?,14+,15+,20-,21-/m1/s1. The topological polar surface area (TPSA) is 309 Å². The summed E-state index contributed by atoms with van der Waals surface area (Å²) < 4.78 is 102. The lowest BCUT2D eigenvalue weighted by Gasteiger charge is -2.27. The Morgan fingerprint density at radius 1 is 0.900 bits per heavy atom. The van der Waals surface area contributed by atoms with Crippen molar-refractivity contribution in [2.45, 2.75) is 62.0 Å². The number of aromatic amines is 1. The average molecular weight is 754 g/mol. The van der Waals surface area contributed by atoms with E-state index in [4.69, 9.17) is 39.0 Å². The number of nitrogen functional groups attached to an aromatic ring is 2. The smallest absolute Gasteiger partial charge is 0.386 e. The number of hydrogen-bond donors (Lipinski definition) is 6. The number of phosphoric acid groups is 2. The Balaban J connectivity index is 1.24. The van der Waals surface area contributed by atoms with Crippen molar-refractivity contribution in [1.82, 2.24) is 39.0 Å². The molecule has 22 nitrogen and oxygen atoms in total. The third-order valence-electron chi connectivity index (χ3n) is 8.27. The van der Waals surface area contributed by atoms with Gasteiger partial charge in [0.25, 0.3) is 5.56 Å². The highest BCUT2D eigenvalue weighted by molar-refractivity contribution is 7.47. The Morgan fingerprint density at radius 3 is 2.22 bits per heavy atom. The van der Waals surface area contributed by atoms with Gasteiger partial charge in [0.05, 0.1) is 32.0 Å². The summed E-state index contributed by atoms with van der Waals surface area (Å²) in [5.41, 5.74) is 10.4. The number of aromatic nitrogens is 8. The molecule has 2 bridgehead atoms. The van der Waals surface area contributed by atoms with Crippen molar-refractivity contribution in [3.8, 4) is 0 Å². The van der Waals surface area contributed by atoms with Gasteiger partial charge < -0.3 is 35.8 Å². The molecule has 0 aromatic carbocycles. The van der Waals surface area contributed by atoms with Crippen molar-refractivity contribution in [3.63, 3.8) is 0 Å². The van der Waals surface area contributed by atoms with Crippen molar-refractivity contribution in [1.29, 1.82) is 0 Å². The molecule has 50 heavy (non-hydrogen) atoms. The first-order valence-corrected chi connectivity index (χ1v) is 17.5. The molecule has 4 aromatic rings. The van der Waals surface area contributed by atoms with E-state index in [9.17, 15) is 42.0 Å². The number of H-pyrrole nitrogens is 1. The molecule has 272 valence electrons. The maximum Gasteiger partial charge on any atom is 0.472 e. The normalized spacial score (nSPS) is 35.5. The van der Waals surface area contributed by atoms with Gasteiger partial charge in [-0.15, -0.1) is 0 Å². The van der Waals surface area contributed by atoms with Gasteiger partial charge in [0.15, 0.2) is 35.1 Å². The molecule has 8 N–H and O–H groups in total. The number of hydrogen-bond acceptors (Lipinski definition) is 17. The molecule has 3 saturated heterocycles. The highest BCUT2D eigenvalue weighted by Crippen LogP contribution is 2.55. The largest absolute Gasteiger partial charge is 0.472 e. The van der Waals surface area contributed by atoms with E-state index >= 15 is 0 Å². The molecule has 3 aliphatic rings. The van der Waals surface area contributed by atoms with E-state index in [1.807, 2.05) is 0 Å². The third kappa shape index (κ3) is 6.62. The van der Waals surface area contributed by atoms with Gasteiger partial charge in [-0.2, -0.15) is 18.2 Å². The Morgan fingerprint density at radius 2 is 1.52 bits per heavy atom. The van der Waals surface area contributed by atoms with E-state index in [-0.39, 0.29) is 34.1 Å². The lowest BCUT2D eigenvalue weighted by Crippen LogP contribution is -2.36. The maximum atomic E-state index is 13.5. The van der Waals surface area contributed by atoms with Crippen LogP contribution in [0.1, 0.15) is 25.3 Å². The van der Waals surface area contributed by atoms with Crippen LogP contribution in [0, 0.1) is 5.92 Å². The molecular formula is C23H27F3N10O12P2. The number of nitrogens with two attached hydrogens (primary N) is 2. The molecule has 7 heterocycles. The molecule has 4 aromatic heterocycles. The summed E-state index contributed by atoms with van der Waals surface area (Å²) in [4.78, 5) is 56.2. The number of alkyl halides is 3. The maximum absolute atomic E-state index is 13.5. The molecule has 0 spiro atoms. The fourth-order valence-corrected chi connectivity index (χ4v) is 8.01. The fourth-order valence-electron chi connectivity index (χ4n) is 6.08. The van der Waals surface area contributed by atoms with Gasteiger partial charge >= 0.3 is 21.8 Å². The van der Waals surface area contributed by atoms with Crippen molar-refractivity contribution < 1.29 is 64.8 Å². The van der Waals surface area contributed by atoms with Crippen LogP contribution in [0.25, 0.3) is 22.3 Å². The Labute approximate surface area is 275 Å². The molecule has 0 amide bonds. The molecule has 0 radical (unpaired) electrons. The summed E-state index contributed by atoms with van der Waals surface area (Å²) in [5, 5.41) is 11.2. The zero-order valence-corrected chi connectivity index (χ0v) is 26.8. The molecule has 7 rings (SSSR count). The van der Waals surface area contributed by atoms with E-state index in [2.05, 4.69) is 29.9 Å². The van der Waals surface area contributed by atoms with Crippen molar-refractivity contribution >= 4 is 49.7 Å². The second-order valence-corrected chi connectivity index (χ2v) is 14.3. The number of fused-ring (bicyclic) bond motifs is 5. The van der Waals surface area contributed by atoms with E-state index in [1.54, 1.807) is 0 Å². The van der Waals surface area contributed by atoms with Crippen LogP contribution in [0.15, 0.2) is 23.8 Å². The summed E-state index contributed by atoms with van der Waals surface area (Å²) in [6, 6.07) is 0. The minimum Gasteiger partial charge on any atom is -0.386 e. The number of nitrogens with one attached hydrogen (secondary N) is 1. The second-order valence-electron chi connectivity index (χ2n) is 11.5. The number of aliphatic hydroxyl groups is 1. The number of halogens is 3. The van der Waals surface area contributed by atoms with Gasteiger partial charge in [0.2, 0.25) is 5.95 Å². The SMILES string of the molecule is Nc1nc2c(ncn2[C@@H]2O[C@@H]3COP(=O)(O)O[C@@H]4C(O)[C@H](n5cnc6c(N)ncnc65)O[C@@H]4COP(=O)(O)O[C@H]2C3CCC(F)(F)F)c(=O)[nH]1. The molecule has 10 atom stereocenters. The van der Waals surface area contributed by atoms with Crippen molar-refractivity contribution in [2.75, 3.05) is 24.7 Å². The lowest BCUT2D eigenvalue weighted by molar-refractivity contribution is -0.139. The van der Waals surface area contributed by atoms with Crippen LogP contribution in [0.2, 0.25) is 0 Å². The number of rotatable bonds is 4. The summed E-state index contributed by atoms with van der Waals surface area (Å²) in [7, 11) is -10.5. The highest BCUT2D eigenvalue weighted by atomic mass is 31.2. The molecule has 3 aliphatic heterocycles. The van der Waals surface area contributed by atoms with Crippen molar-refractivity contribution in [3.05, 3.63) is 29.3 Å². The first kappa shape index (κ1) is 34.8. The van der Waals surface area contributed by atoms with E-state index in [1.165, 1.54) is 10.9 Å². The number of imidazole rings is 2. The van der Waals surface area contributed by atoms with E-state index in [0.29, 0.717) is 0 Å². The van der Waals surface area contributed by atoms with Crippen LogP contribution >= 0.6 is 15.6 Å². The van der Waals surface area contributed by atoms with Gasteiger partial charge in [-0.25, -0.2) is 29.1 Å². The zero-order chi connectivity index (χ0) is 35.7. The first-order valence-electron chi connectivity index (χ1n) is 14.5. The van der Waals surface area contributed by atoms with Crippen molar-refractivity contribution in [2.24, 2.45) is 5.92 Å². The van der Waals surface area contributed by atoms with E-state index < -0.39 is 102 Å². The van der Waals surface area contributed by atoms with Gasteiger partial charge in [-0.3, -0.25) is 37.0 Å². The first-order chi connectivity index (χ1) is 23.5. The Kier molecular flexibility index (Phi) is 8.75. The average Bonchev–Trinajstić information content (AvgIpc) is 3.78. The van der Waals surface area contributed by atoms with Crippen LogP contribution in [-0.4, -0.2) is 104 Å². The van der Waals surface area contributed by atoms with Gasteiger partial charge in [0, 0.05) is 12.3 Å². The molecular weight excluding hydrogens is 727 g/mol. The molecule has 0 saturated carbocycles. The van der Waals surface area contributed by atoms with E-state index in [0.717, 1.165) is 17.2 Å². The fraction of sp³-hybridized carbons (Fsp3) is 0.565. The zero-order valence-electron chi connectivity index (χ0n) is 25.0. The molecule has 4 unspecified atom stereocenters. The van der Waals surface area contributed by atoms with Crippen LogP contribution in [0.3, 0.4) is 0 Å². The number of nitrogens with zero attached hydrogens (tertiary/aromatic N) is 7. The monoisotopic (exact) mass is 754 g/mol. The Bertz CT molecular complexity index is 2080. The molecule has 27 heteroatoms. The van der Waals surface area contributed by atoms with Crippen LogP contribution in [-0.2, 0) is 36.7 Å². The van der Waals surface area contributed by atoms with Crippen LogP contribution < -0.4 is 17.0 Å².